The molecule has 1 fully saturated rings. The second kappa shape index (κ2) is 8.14. The zero-order valence-corrected chi connectivity index (χ0v) is 15.1. The summed E-state index contributed by atoms with van der Waals surface area (Å²) in [6.45, 7) is 4.05. The lowest BCUT2D eigenvalue weighted by molar-refractivity contribution is 0.111. The average molecular weight is 362 g/mol. The Morgan fingerprint density at radius 2 is 1.89 bits per heavy atom. The van der Waals surface area contributed by atoms with Crippen molar-refractivity contribution >= 4 is 17.0 Å². The van der Waals surface area contributed by atoms with E-state index >= 15 is 0 Å². The molecule has 0 unspecified atom stereocenters. The van der Waals surface area contributed by atoms with Crippen LogP contribution in [0.1, 0.15) is 5.56 Å². The Balaban J connectivity index is 1.27. The van der Waals surface area contributed by atoms with Crippen LogP contribution < -0.4 is 4.74 Å². The Bertz CT molecular complexity index is 908. The number of hydrogen-bond donors (Lipinski definition) is 0. The summed E-state index contributed by atoms with van der Waals surface area (Å²) < 4.78 is 5.55. The maximum Gasteiger partial charge on any atom is 0.415 e. The zero-order valence-electron chi connectivity index (χ0n) is 15.1. The molecule has 3 heterocycles. The van der Waals surface area contributed by atoms with Crippen LogP contribution >= 0.6 is 0 Å². The van der Waals surface area contributed by atoms with Gasteiger partial charge in [0.05, 0.1) is 5.52 Å². The highest BCUT2D eigenvalue weighted by Crippen LogP contribution is 2.19. The van der Waals surface area contributed by atoms with Crippen molar-refractivity contribution < 1.29 is 9.53 Å². The highest BCUT2D eigenvalue weighted by atomic mass is 16.6. The van der Waals surface area contributed by atoms with E-state index in [1.165, 1.54) is 5.56 Å². The van der Waals surface area contributed by atoms with E-state index in [0.29, 0.717) is 18.8 Å². The molecule has 1 amide bonds. The molecule has 1 aliphatic rings. The molecule has 0 radical (unpaired) electrons. The van der Waals surface area contributed by atoms with Gasteiger partial charge >= 0.3 is 6.09 Å². The summed E-state index contributed by atoms with van der Waals surface area (Å²) in [7, 11) is 0. The molecule has 4 rings (SSSR count). The Morgan fingerprint density at radius 1 is 1.04 bits per heavy atom. The molecule has 0 saturated carbocycles. The molecule has 0 bridgehead atoms. The molecular formula is C21H22N4O2. The second-order valence-electron chi connectivity index (χ2n) is 6.67. The number of rotatable bonds is 4. The van der Waals surface area contributed by atoms with E-state index in [1.807, 2.05) is 36.5 Å². The highest BCUT2D eigenvalue weighted by Gasteiger charge is 2.22. The number of carbonyl (C=O) groups excluding carboxylic acids is 1. The van der Waals surface area contributed by atoms with Crippen LogP contribution in [-0.4, -0.2) is 58.6 Å². The van der Waals surface area contributed by atoms with Crippen molar-refractivity contribution in [1.82, 2.24) is 19.8 Å². The number of pyridine rings is 2. The van der Waals surface area contributed by atoms with Gasteiger partial charge in [0, 0.05) is 62.8 Å². The minimum atomic E-state index is -0.294. The minimum absolute atomic E-state index is 0.294. The molecule has 0 spiro atoms. The summed E-state index contributed by atoms with van der Waals surface area (Å²) in [5, 5.41) is 1.03. The summed E-state index contributed by atoms with van der Waals surface area (Å²) in [4.78, 5) is 25.0. The van der Waals surface area contributed by atoms with Gasteiger partial charge < -0.3 is 9.64 Å². The average Bonchev–Trinajstić information content (AvgIpc) is 2.73. The van der Waals surface area contributed by atoms with E-state index in [-0.39, 0.29) is 6.09 Å². The molecule has 6 heteroatoms. The number of nitrogens with zero attached hydrogens (tertiary/aromatic N) is 4. The third-order valence-electron chi connectivity index (χ3n) is 4.85. The van der Waals surface area contributed by atoms with Crippen molar-refractivity contribution in [1.29, 1.82) is 0 Å². The number of aromatic nitrogens is 2. The van der Waals surface area contributed by atoms with Gasteiger partial charge in [0.15, 0.2) is 0 Å². The van der Waals surface area contributed by atoms with Gasteiger partial charge in [0.2, 0.25) is 0 Å². The number of piperazine rings is 1. The fraction of sp³-hybridized carbons (Fsp3) is 0.286. The Labute approximate surface area is 158 Å². The van der Waals surface area contributed by atoms with Gasteiger partial charge in [-0.3, -0.25) is 14.9 Å². The summed E-state index contributed by atoms with van der Waals surface area (Å²) in [6, 6.07) is 13.5. The molecule has 138 valence electrons. The van der Waals surface area contributed by atoms with Gasteiger partial charge in [-0.15, -0.1) is 0 Å². The standard InChI is InChI=1S/C21H22N4O2/c26-21(27-19-6-5-18-4-2-9-23-20(18)15-19)25-13-11-24(12-14-25)10-7-17-3-1-8-22-16-17/h1-6,8-9,15-16H,7,10-14H2. The number of carbonyl (C=O) groups is 1. The lowest BCUT2D eigenvalue weighted by Crippen LogP contribution is -2.49. The topological polar surface area (TPSA) is 58.6 Å². The molecule has 27 heavy (non-hydrogen) atoms. The van der Waals surface area contributed by atoms with Crippen molar-refractivity contribution in [3.63, 3.8) is 0 Å². The van der Waals surface area contributed by atoms with Crippen LogP contribution in [0.15, 0.2) is 61.1 Å². The van der Waals surface area contributed by atoms with Crippen molar-refractivity contribution in [2.45, 2.75) is 6.42 Å². The van der Waals surface area contributed by atoms with Crippen LogP contribution in [0.3, 0.4) is 0 Å². The number of benzene rings is 1. The van der Waals surface area contributed by atoms with Gasteiger partial charge in [-0.05, 0) is 36.2 Å². The van der Waals surface area contributed by atoms with Crippen LogP contribution in [-0.2, 0) is 6.42 Å². The van der Waals surface area contributed by atoms with E-state index in [1.54, 1.807) is 23.4 Å². The van der Waals surface area contributed by atoms with E-state index in [2.05, 4.69) is 20.9 Å². The predicted octanol–water partition coefficient (Wildman–Crippen LogP) is 2.99. The number of hydrogen-bond acceptors (Lipinski definition) is 5. The van der Waals surface area contributed by atoms with E-state index in [9.17, 15) is 4.79 Å². The summed E-state index contributed by atoms with van der Waals surface area (Å²) >= 11 is 0. The van der Waals surface area contributed by atoms with Gasteiger partial charge in [0.25, 0.3) is 0 Å². The van der Waals surface area contributed by atoms with E-state index in [4.69, 9.17) is 4.74 Å². The van der Waals surface area contributed by atoms with Crippen molar-refractivity contribution in [2.75, 3.05) is 32.7 Å². The number of ether oxygens (including phenoxy) is 1. The highest BCUT2D eigenvalue weighted by molar-refractivity contribution is 5.81. The van der Waals surface area contributed by atoms with Crippen LogP contribution in [0.4, 0.5) is 4.79 Å². The molecule has 3 aromatic rings. The van der Waals surface area contributed by atoms with Gasteiger partial charge in [-0.1, -0.05) is 12.1 Å². The van der Waals surface area contributed by atoms with E-state index in [0.717, 1.165) is 37.0 Å². The summed E-state index contributed by atoms with van der Waals surface area (Å²) in [5.74, 6) is 0.533. The fourth-order valence-corrected chi connectivity index (χ4v) is 3.26. The largest absolute Gasteiger partial charge is 0.415 e. The molecule has 1 aliphatic heterocycles. The van der Waals surface area contributed by atoms with Crippen molar-refractivity contribution in [3.8, 4) is 5.75 Å². The first-order valence-electron chi connectivity index (χ1n) is 9.21. The predicted molar refractivity (Wildman–Crippen MR) is 104 cm³/mol. The first kappa shape index (κ1) is 17.4. The molecule has 0 atom stereocenters. The van der Waals surface area contributed by atoms with Crippen molar-refractivity contribution in [2.24, 2.45) is 0 Å². The number of amides is 1. The third-order valence-corrected chi connectivity index (χ3v) is 4.85. The second-order valence-corrected chi connectivity index (χ2v) is 6.67. The van der Waals surface area contributed by atoms with Gasteiger partial charge in [0.1, 0.15) is 5.75 Å². The van der Waals surface area contributed by atoms with Crippen LogP contribution in [0.5, 0.6) is 5.75 Å². The number of fused-ring (bicyclic) bond motifs is 1. The Morgan fingerprint density at radius 3 is 2.70 bits per heavy atom. The van der Waals surface area contributed by atoms with Gasteiger partial charge in [-0.25, -0.2) is 4.79 Å². The maximum absolute atomic E-state index is 12.4. The van der Waals surface area contributed by atoms with E-state index < -0.39 is 0 Å². The summed E-state index contributed by atoms with van der Waals surface area (Å²) in [5.41, 5.74) is 2.06. The quantitative estimate of drug-likeness (QED) is 0.714. The van der Waals surface area contributed by atoms with Gasteiger partial charge in [-0.2, -0.15) is 0 Å². The summed E-state index contributed by atoms with van der Waals surface area (Å²) in [6.07, 6.45) is 6.12. The molecule has 2 aromatic heterocycles. The third kappa shape index (κ3) is 4.41. The lowest BCUT2D eigenvalue weighted by atomic mass is 10.2. The molecule has 0 N–H and O–H groups in total. The van der Waals surface area contributed by atoms with Crippen LogP contribution in [0.2, 0.25) is 0 Å². The van der Waals surface area contributed by atoms with Crippen LogP contribution in [0, 0.1) is 0 Å². The Kier molecular flexibility index (Phi) is 5.25. The monoisotopic (exact) mass is 362 g/mol. The van der Waals surface area contributed by atoms with Crippen molar-refractivity contribution in [3.05, 3.63) is 66.6 Å². The minimum Gasteiger partial charge on any atom is -0.410 e. The lowest BCUT2D eigenvalue weighted by Gasteiger charge is -2.34. The first-order chi connectivity index (χ1) is 13.3. The SMILES string of the molecule is O=C(Oc1ccc2cccnc2c1)N1CCN(CCc2cccnc2)CC1. The fourth-order valence-electron chi connectivity index (χ4n) is 3.26. The van der Waals surface area contributed by atoms with Crippen LogP contribution in [0.25, 0.3) is 10.9 Å². The smallest absolute Gasteiger partial charge is 0.410 e. The Hall–Kier alpha value is -2.99. The first-order valence-corrected chi connectivity index (χ1v) is 9.21. The normalized spacial score (nSPS) is 15.0. The molecule has 1 saturated heterocycles. The zero-order chi connectivity index (χ0) is 18.5. The molecule has 6 nitrogen and oxygen atoms in total. The molecular weight excluding hydrogens is 340 g/mol. The maximum atomic E-state index is 12.4. The molecule has 1 aromatic carbocycles. The molecule has 0 aliphatic carbocycles.